The van der Waals surface area contributed by atoms with E-state index in [-0.39, 0.29) is 12.0 Å². The van der Waals surface area contributed by atoms with Crippen molar-refractivity contribution < 1.29 is 9.90 Å². The number of hydrogen-bond donors (Lipinski definition) is 2. The van der Waals surface area contributed by atoms with Crippen molar-refractivity contribution in [1.82, 2.24) is 5.32 Å². The SMILES string of the molecule is O=C(CCCCl)NCC(O)C1CC1. The fourth-order valence-electron chi connectivity index (χ4n) is 1.18. The zero-order valence-electron chi connectivity index (χ0n) is 7.63. The monoisotopic (exact) mass is 205 g/mol. The first kappa shape index (κ1) is 10.8. The molecule has 0 radical (unpaired) electrons. The van der Waals surface area contributed by atoms with E-state index >= 15 is 0 Å². The molecular weight excluding hydrogens is 190 g/mol. The van der Waals surface area contributed by atoms with Crippen LogP contribution in [0.3, 0.4) is 0 Å². The molecule has 0 aromatic heterocycles. The average Bonchev–Trinajstić information content (AvgIpc) is 2.93. The fourth-order valence-corrected chi connectivity index (χ4v) is 1.32. The summed E-state index contributed by atoms with van der Waals surface area (Å²) in [5.41, 5.74) is 0. The van der Waals surface area contributed by atoms with Crippen molar-refractivity contribution in [1.29, 1.82) is 0 Å². The smallest absolute Gasteiger partial charge is 0.220 e. The molecule has 0 aliphatic heterocycles. The van der Waals surface area contributed by atoms with E-state index in [2.05, 4.69) is 5.32 Å². The third-order valence-corrected chi connectivity index (χ3v) is 2.48. The minimum Gasteiger partial charge on any atom is -0.391 e. The van der Waals surface area contributed by atoms with Crippen molar-refractivity contribution in [2.45, 2.75) is 31.8 Å². The van der Waals surface area contributed by atoms with Gasteiger partial charge in [-0.25, -0.2) is 0 Å². The summed E-state index contributed by atoms with van der Waals surface area (Å²) in [7, 11) is 0. The molecule has 1 saturated carbocycles. The normalized spacial score (nSPS) is 18.3. The molecule has 1 amide bonds. The molecule has 76 valence electrons. The third-order valence-electron chi connectivity index (χ3n) is 2.21. The highest BCUT2D eigenvalue weighted by atomic mass is 35.5. The summed E-state index contributed by atoms with van der Waals surface area (Å²) in [5.74, 6) is 0.923. The van der Waals surface area contributed by atoms with Crippen molar-refractivity contribution in [3.8, 4) is 0 Å². The van der Waals surface area contributed by atoms with Gasteiger partial charge in [-0.2, -0.15) is 0 Å². The number of carbonyl (C=O) groups excluding carboxylic acids is 1. The van der Waals surface area contributed by atoms with Crippen molar-refractivity contribution in [3.05, 3.63) is 0 Å². The van der Waals surface area contributed by atoms with Gasteiger partial charge in [-0.05, 0) is 25.2 Å². The maximum Gasteiger partial charge on any atom is 0.220 e. The summed E-state index contributed by atoms with van der Waals surface area (Å²) >= 11 is 5.44. The van der Waals surface area contributed by atoms with E-state index in [9.17, 15) is 9.90 Å². The predicted molar refractivity (Wildman–Crippen MR) is 51.7 cm³/mol. The van der Waals surface area contributed by atoms with Crippen molar-refractivity contribution in [2.24, 2.45) is 5.92 Å². The Morgan fingerprint density at radius 3 is 2.85 bits per heavy atom. The Morgan fingerprint density at radius 2 is 2.31 bits per heavy atom. The molecule has 2 N–H and O–H groups in total. The van der Waals surface area contributed by atoms with Crippen LogP contribution < -0.4 is 5.32 Å². The Kier molecular flexibility index (Phi) is 4.53. The highest BCUT2D eigenvalue weighted by Gasteiger charge is 2.29. The molecule has 1 rings (SSSR count). The number of aliphatic hydroxyl groups is 1. The van der Waals surface area contributed by atoms with E-state index in [1.54, 1.807) is 0 Å². The van der Waals surface area contributed by atoms with Crippen LogP contribution in [0.15, 0.2) is 0 Å². The standard InChI is InChI=1S/C9H16ClNO2/c10-5-1-2-9(13)11-6-8(12)7-3-4-7/h7-8,12H,1-6H2,(H,11,13). The lowest BCUT2D eigenvalue weighted by molar-refractivity contribution is -0.121. The molecule has 1 atom stereocenters. The van der Waals surface area contributed by atoms with Crippen LogP contribution >= 0.6 is 11.6 Å². The first-order chi connectivity index (χ1) is 6.24. The van der Waals surface area contributed by atoms with E-state index in [0.717, 1.165) is 12.8 Å². The molecule has 1 aliphatic rings. The number of nitrogens with one attached hydrogen (secondary N) is 1. The summed E-state index contributed by atoms with van der Waals surface area (Å²) in [5, 5.41) is 12.1. The average molecular weight is 206 g/mol. The molecule has 0 bridgehead atoms. The van der Waals surface area contributed by atoms with Gasteiger partial charge in [-0.1, -0.05) is 0 Å². The summed E-state index contributed by atoms with van der Waals surface area (Å²) < 4.78 is 0. The fraction of sp³-hybridized carbons (Fsp3) is 0.889. The van der Waals surface area contributed by atoms with Gasteiger partial charge in [-0.15, -0.1) is 11.6 Å². The Balaban J connectivity index is 2.00. The maximum absolute atomic E-state index is 11.1. The second-order valence-corrected chi connectivity index (χ2v) is 3.88. The lowest BCUT2D eigenvalue weighted by Crippen LogP contribution is -2.32. The number of alkyl halides is 1. The van der Waals surface area contributed by atoms with Crippen LogP contribution in [-0.2, 0) is 4.79 Å². The van der Waals surface area contributed by atoms with Gasteiger partial charge in [-0.3, -0.25) is 4.79 Å². The first-order valence-corrected chi connectivity index (χ1v) is 5.28. The third kappa shape index (κ3) is 4.48. The Labute approximate surface area is 83.5 Å². The Morgan fingerprint density at radius 1 is 1.62 bits per heavy atom. The van der Waals surface area contributed by atoms with Crippen LogP contribution in [0.25, 0.3) is 0 Å². The van der Waals surface area contributed by atoms with E-state index in [4.69, 9.17) is 11.6 Å². The molecule has 0 saturated heterocycles. The van der Waals surface area contributed by atoms with Gasteiger partial charge < -0.3 is 10.4 Å². The largest absolute Gasteiger partial charge is 0.391 e. The molecule has 1 unspecified atom stereocenters. The number of rotatable bonds is 6. The molecule has 13 heavy (non-hydrogen) atoms. The molecule has 1 aliphatic carbocycles. The van der Waals surface area contributed by atoms with Gasteiger partial charge in [0.05, 0.1) is 6.10 Å². The summed E-state index contributed by atoms with van der Waals surface area (Å²) in [6.45, 7) is 0.395. The van der Waals surface area contributed by atoms with Crippen LogP contribution in [0.2, 0.25) is 0 Å². The second kappa shape index (κ2) is 5.45. The Hall–Kier alpha value is -0.280. The molecule has 0 aromatic carbocycles. The van der Waals surface area contributed by atoms with Crippen LogP contribution in [-0.4, -0.2) is 29.5 Å². The predicted octanol–water partition coefficient (Wildman–Crippen LogP) is 0.892. The second-order valence-electron chi connectivity index (χ2n) is 3.50. The van der Waals surface area contributed by atoms with Gasteiger partial charge >= 0.3 is 0 Å². The summed E-state index contributed by atoms with van der Waals surface area (Å²) in [4.78, 5) is 11.1. The van der Waals surface area contributed by atoms with Crippen molar-refractivity contribution in [2.75, 3.05) is 12.4 Å². The summed E-state index contributed by atoms with van der Waals surface area (Å²) in [6, 6.07) is 0. The molecule has 0 spiro atoms. The molecule has 3 nitrogen and oxygen atoms in total. The van der Waals surface area contributed by atoms with Crippen LogP contribution in [0, 0.1) is 5.92 Å². The van der Waals surface area contributed by atoms with E-state index in [1.807, 2.05) is 0 Å². The highest BCUT2D eigenvalue weighted by Crippen LogP contribution is 2.32. The molecule has 0 heterocycles. The number of carbonyl (C=O) groups is 1. The van der Waals surface area contributed by atoms with Crippen LogP contribution in [0.5, 0.6) is 0 Å². The zero-order valence-corrected chi connectivity index (χ0v) is 8.39. The quantitative estimate of drug-likeness (QED) is 0.633. The van der Waals surface area contributed by atoms with Gasteiger partial charge in [0.2, 0.25) is 5.91 Å². The van der Waals surface area contributed by atoms with Gasteiger partial charge in [0.25, 0.3) is 0 Å². The minimum absolute atomic E-state index is 0.0136. The van der Waals surface area contributed by atoms with E-state index in [0.29, 0.717) is 31.2 Å². The first-order valence-electron chi connectivity index (χ1n) is 4.74. The van der Waals surface area contributed by atoms with E-state index in [1.165, 1.54) is 0 Å². The molecular formula is C9H16ClNO2. The topological polar surface area (TPSA) is 49.3 Å². The summed E-state index contributed by atoms with van der Waals surface area (Å²) in [6.07, 6.45) is 3.01. The Bertz CT molecular complexity index is 171. The molecule has 1 fully saturated rings. The maximum atomic E-state index is 11.1. The van der Waals surface area contributed by atoms with Crippen molar-refractivity contribution in [3.63, 3.8) is 0 Å². The van der Waals surface area contributed by atoms with Crippen LogP contribution in [0.4, 0.5) is 0 Å². The lowest BCUT2D eigenvalue weighted by Gasteiger charge is -2.09. The zero-order chi connectivity index (χ0) is 9.68. The number of aliphatic hydroxyl groups excluding tert-OH is 1. The van der Waals surface area contributed by atoms with E-state index < -0.39 is 0 Å². The van der Waals surface area contributed by atoms with Gasteiger partial charge in [0.1, 0.15) is 0 Å². The lowest BCUT2D eigenvalue weighted by atomic mass is 10.2. The number of hydrogen-bond acceptors (Lipinski definition) is 2. The molecule has 0 aromatic rings. The number of amides is 1. The molecule has 4 heteroatoms. The van der Waals surface area contributed by atoms with Crippen molar-refractivity contribution >= 4 is 17.5 Å². The number of halogens is 1. The van der Waals surface area contributed by atoms with Gasteiger partial charge in [0.15, 0.2) is 0 Å². The highest BCUT2D eigenvalue weighted by molar-refractivity contribution is 6.17. The minimum atomic E-state index is -0.347. The van der Waals surface area contributed by atoms with Crippen LogP contribution in [0.1, 0.15) is 25.7 Å². The van der Waals surface area contributed by atoms with Gasteiger partial charge in [0, 0.05) is 18.8 Å².